The van der Waals surface area contributed by atoms with Gasteiger partial charge in [-0.3, -0.25) is 4.79 Å². The molecule has 0 aliphatic carbocycles. The number of hydrogen-bond donors (Lipinski definition) is 1. The summed E-state index contributed by atoms with van der Waals surface area (Å²) >= 11 is 5.51. The molecule has 2 N–H and O–H groups in total. The van der Waals surface area contributed by atoms with E-state index in [1.165, 1.54) is 12.1 Å². The van der Waals surface area contributed by atoms with Crippen LogP contribution in [0, 0.1) is 5.82 Å². The van der Waals surface area contributed by atoms with Crippen molar-refractivity contribution in [1.82, 2.24) is 0 Å². The molecule has 98 valence electrons. The van der Waals surface area contributed by atoms with Gasteiger partial charge in [-0.25, -0.2) is 4.39 Å². The lowest BCUT2D eigenvalue weighted by Gasteiger charge is -2.04. The number of benzene rings is 1. The second kappa shape index (κ2) is 7.03. The first kappa shape index (κ1) is 14.5. The van der Waals surface area contributed by atoms with Gasteiger partial charge in [0.15, 0.2) is 0 Å². The molecule has 5 nitrogen and oxygen atoms in total. The molecule has 7 heteroatoms. The van der Waals surface area contributed by atoms with E-state index >= 15 is 0 Å². The number of carbonyl (C=O) groups is 1. The van der Waals surface area contributed by atoms with Crippen LogP contribution in [0.2, 0.25) is 5.02 Å². The van der Waals surface area contributed by atoms with E-state index in [4.69, 9.17) is 22.1 Å². The molecule has 0 fully saturated rings. The summed E-state index contributed by atoms with van der Waals surface area (Å²) in [5.74, 6) is -1.04. The van der Waals surface area contributed by atoms with Gasteiger partial charge in [0.1, 0.15) is 12.0 Å². The van der Waals surface area contributed by atoms with E-state index in [9.17, 15) is 9.18 Å². The molecular formula is C11H13ClFN3O2. The van der Waals surface area contributed by atoms with Gasteiger partial charge in [-0.2, -0.15) is 10.2 Å². The van der Waals surface area contributed by atoms with E-state index in [0.717, 1.165) is 6.07 Å². The average molecular weight is 274 g/mol. The summed E-state index contributed by atoms with van der Waals surface area (Å²) in [6, 6.07) is 3.98. The van der Waals surface area contributed by atoms with Crippen molar-refractivity contribution >= 4 is 23.3 Å². The van der Waals surface area contributed by atoms with Gasteiger partial charge < -0.3 is 10.5 Å². The number of hydrogen-bond acceptors (Lipinski definition) is 5. The van der Waals surface area contributed by atoms with Gasteiger partial charge in [0, 0.05) is 6.07 Å². The monoisotopic (exact) mass is 273 g/mol. The van der Waals surface area contributed by atoms with E-state index in [0.29, 0.717) is 0 Å². The zero-order chi connectivity index (χ0) is 13.5. The summed E-state index contributed by atoms with van der Waals surface area (Å²) in [4.78, 5) is 11.1. The quantitative estimate of drug-likeness (QED) is 0.662. The van der Waals surface area contributed by atoms with Crippen LogP contribution in [0.15, 0.2) is 28.4 Å². The van der Waals surface area contributed by atoms with Gasteiger partial charge in [-0.15, -0.1) is 0 Å². The van der Waals surface area contributed by atoms with Crippen LogP contribution >= 0.6 is 11.6 Å². The van der Waals surface area contributed by atoms with Crippen molar-refractivity contribution in [3.8, 4) is 0 Å². The third kappa shape index (κ3) is 4.77. The molecular weight excluding hydrogens is 261 g/mol. The fourth-order valence-electron chi connectivity index (χ4n) is 1.12. The van der Waals surface area contributed by atoms with Gasteiger partial charge in [0.2, 0.25) is 0 Å². The Morgan fingerprint density at radius 2 is 2.33 bits per heavy atom. The number of ether oxygens (including phenoxy) is 1. The molecule has 18 heavy (non-hydrogen) atoms. The Labute approximate surface area is 109 Å². The SMILES string of the molecule is CCOC(=O)CC(N)N=Nc1ccc(Cl)c(F)c1. The Kier molecular flexibility index (Phi) is 5.67. The van der Waals surface area contributed by atoms with Gasteiger partial charge >= 0.3 is 5.97 Å². The van der Waals surface area contributed by atoms with Crippen molar-refractivity contribution in [2.75, 3.05) is 6.61 Å². The highest BCUT2D eigenvalue weighted by molar-refractivity contribution is 6.30. The van der Waals surface area contributed by atoms with Crippen LogP contribution in [-0.4, -0.2) is 18.7 Å². The summed E-state index contributed by atoms with van der Waals surface area (Å²) in [5, 5.41) is 7.40. The minimum atomic E-state index is -0.817. The zero-order valence-electron chi connectivity index (χ0n) is 9.77. The van der Waals surface area contributed by atoms with Gasteiger partial charge in [-0.1, -0.05) is 11.6 Å². The lowest BCUT2D eigenvalue weighted by molar-refractivity contribution is -0.143. The maximum Gasteiger partial charge on any atom is 0.309 e. The number of rotatable bonds is 5. The first-order chi connectivity index (χ1) is 8.52. The van der Waals surface area contributed by atoms with E-state index < -0.39 is 18.0 Å². The Morgan fingerprint density at radius 3 is 2.94 bits per heavy atom. The highest BCUT2D eigenvalue weighted by atomic mass is 35.5. The molecule has 0 bridgehead atoms. The second-order valence-corrected chi connectivity index (χ2v) is 3.80. The molecule has 1 aromatic carbocycles. The fraction of sp³-hybridized carbons (Fsp3) is 0.364. The Hall–Kier alpha value is -1.53. The number of nitrogens with two attached hydrogens (primary N) is 1. The standard InChI is InChI=1S/C11H13ClFN3O2/c1-2-18-11(17)6-10(14)16-15-7-3-4-8(12)9(13)5-7/h3-5,10H,2,6,14H2,1H3. The zero-order valence-corrected chi connectivity index (χ0v) is 10.5. The van der Waals surface area contributed by atoms with Gasteiger partial charge in [-0.05, 0) is 19.1 Å². The summed E-state index contributed by atoms with van der Waals surface area (Å²) < 4.78 is 17.8. The van der Waals surface area contributed by atoms with Crippen LogP contribution in [0.5, 0.6) is 0 Å². The van der Waals surface area contributed by atoms with Crippen molar-refractivity contribution in [1.29, 1.82) is 0 Å². The topological polar surface area (TPSA) is 77.0 Å². The van der Waals surface area contributed by atoms with Crippen LogP contribution in [0.3, 0.4) is 0 Å². The molecule has 0 spiro atoms. The lowest BCUT2D eigenvalue weighted by atomic mass is 10.3. The molecule has 1 aromatic rings. The summed E-state index contributed by atoms with van der Waals surface area (Å²) in [7, 11) is 0. The van der Waals surface area contributed by atoms with Crippen molar-refractivity contribution < 1.29 is 13.9 Å². The molecule has 0 saturated carbocycles. The molecule has 0 amide bonds. The predicted octanol–water partition coefficient (Wildman–Crippen LogP) is 2.80. The maximum atomic E-state index is 13.1. The van der Waals surface area contributed by atoms with Crippen molar-refractivity contribution in [3.63, 3.8) is 0 Å². The van der Waals surface area contributed by atoms with Gasteiger partial charge in [0.25, 0.3) is 0 Å². The maximum absolute atomic E-state index is 13.1. The number of esters is 1. The molecule has 1 rings (SSSR count). The van der Waals surface area contributed by atoms with E-state index in [-0.39, 0.29) is 23.7 Å². The summed E-state index contributed by atoms with van der Waals surface area (Å²) in [6.07, 6.45) is -0.893. The summed E-state index contributed by atoms with van der Waals surface area (Å²) in [6.45, 7) is 1.98. The van der Waals surface area contributed by atoms with Crippen molar-refractivity contribution in [3.05, 3.63) is 29.0 Å². The third-order valence-corrected chi connectivity index (χ3v) is 2.21. The molecule has 0 radical (unpaired) electrons. The predicted molar refractivity (Wildman–Crippen MR) is 65.2 cm³/mol. The van der Waals surface area contributed by atoms with Crippen LogP contribution in [0.1, 0.15) is 13.3 Å². The number of azo groups is 1. The highest BCUT2D eigenvalue weighted by Crippen LogP contribution is 2.21. The minimum absolute atomic E-state index is 0.00442. The Bertz CT molecular complexity index is 454. The normalized spacial score (nSPS) is 12.7. The molecule has 0 heterocycles. The van der Waals surface area contributed by atoms with E-state index in [2.05, 4.69) is 10.2 Å². The number of nitrogens with zero attached hydrogens (tertiary/aromatic N) is 2. The molecule has 0 aliphatic heterocycles. The third-order valence-electron chi connectivity index (χ3n) is 1.91. The number of halogens is 2. The first-order valence-electron chi connectivity index (χ1n) is 5.30. The van der Waals surface area contributed by atoms with E-state index in [1.54, 1.807) is 6.92 Å². The largest absolute Gasteiger partial charge is 0.466 e. The number of carbonyl (C=O) groups excluding carboxylic acids is 1. The van der Waals surface area contributed by atoms with Gasteiger partial charge in [0.05, 0.1) is 23.7 Å². The van der Waals surface area contributed by atoms with E-state index in [1.807, 2.05) is 0 Å². The molecule has 1 atom stereocenters. The Balaban J connectivity index is 2.57. The average Bonchev–Trinajstić information content (AvgIpc) is 2.31. The molecule has 0 aromatic heterocycles. The van der Waals surface area contributed by atoms with Crippen molar-refractivity contribution in [2.24, 2.45) is 16.0 Å². The molecule has 0 saturated heterocycles. The highest BCUT2D eigenvalue weighted by Gasteiger charge is 2.09. The Morgan fingerprint density at radius 1 is 1.61 bits per heavy atom. The van der Waals surface area contributed by atoms with Crippen LogP contribution in [0.4, 0.5) is 10.1 Å². The smallest absolute Gasteiger partial charge is 0.309 e. The molecule has 0 aliphatic rings. The van der Waals surface area contributed by atoms with Crippen LogP contribution in [0.25, 0.3) is 0 Å². The lowest BCUT2D eigenvalue weighted by Crippen LogP contribution is -2.22. The first-order valence-corrected chi connectivity index (χ1v) is 5.67. The second-order valence-electron chi connectivity index (χ2n) is 3.39. The minimum Gasteiger partial charge on any atom is -0.466 e. The van der Waals surface area contributed by atoms with Crippen LogP contribution in [-0.2, 0) is 9.53 Å². The van der Waals surface area contributed by atoms with Crippen LogP contribution < -0.4 is 5.73 Å². The summed E-state index contributed by atoms with van der Waals surface area (Å²) in [5.41, 5.74) is 5.81. The fourth-order valence-corrected chi connectivity index (χ4v) is 1.24. The molecule has 1 unspecified atom stereocenters. The van der Waals surface area contributed by atoms with Crippen molar-refractivity contribution in [2.45, 2.75) is 19.5 Å².